The molecule has 0 heterocycles. The van der Waals surface area contributed by atoms with Gasteiger partial charge in [0.1, 0.15) is 0 Å². The third-order valence-corrected chi connectivity index (χ3v) is 12.1. The number of rotatable bonds is 48. The molecule has 0 saturated heterocycles. The van der Waals surface area contributed by atoms with Crippen molar-refractivity contribution in [3.05, 3.63) is 36.5 Å². The molecule has 3 N–H and O–H groups in total. The topological polar surface area (TPSA) is 69.6 Å². The summed E-state index contributed by atoms with van der Waals surface area (Å²) in [7, 11) is 0. The van der Waals surface area contributed by atoms with Crippen LogP contribution in [0.5, 0.6) is 0 Å². The maximum atomic E-state index is 12.4. The average molecular weight is 814 g/mol. The van der Waals surface area contributed by atoms with Crippen LogP contribution in [0.25, 0.3) is 0 Å². The molecular formula is C54H103NO3. The number of aliphatic hydroxyl groups is 2. The van der Waals surface area contributed by atoms with E-state index in [-0.39, 0.29) is 12.5 Å². The van der Waals surface area contributed by atoms with E-state index < -0.39 is 12.1 Å². The Labute approximate surface area is 363 Å². The van der Waals surface area contributed by atoms with E-state index in [0.717, 1.165) is 38.5 Å². The SMILES string of the molecule is CCCCCC/C=C/CC/C=C/CC/C=C/C(O)C(CO)NC(=O)CCCCCCCCCCCCCCCCCCCCCCCCCCCCCCCCCC. The van der Waals surface area contributed by atoms with Crippen LogP contribution in [0.3, 0.4) is 0 Å². The van der Waals surface area contributed by atoms with Gasteiger partial charge >= 0.3 is 0 Å². The van der Waals surface area contributed by atoms with Gasteiger partial charge in [-0.3, -0.25) is 4.79 Å². The Hall–Kier alpha value is -1.39. The quantitative estimate of drug-likeness (QED) is 0.0423. The number of hydrogen-bond donors (Lipinski definition) is 3. The highest BCUT2D eigenvalue weighted by atomic mass is 16.3. The van der Waals surface area contributed by atoms with Gasteiger partial charge in [-0.15, -0.1) is 0 Å². The van der Waals surface area contributed by atoms with Crippen molar-refractivity contribution < 1.29 is 15.0 Å². The molecule has 0 aromatic carbocycles. The Morgan fingerprint density at radius 1 is 0.397 bits per heavy atom. The second-order valence-electron chi connectivity index (χ2n) is 17.9. The molecule has 342 valence electrons. The monoisotopic (exact) mass is 814 g/mol. The normalized spacial score (nSPS) is 13.1. The Morgan fingerprint density at radius 3 is 1.00 bits per heavy atom. The fraction of sp³-hybridized carbons (Fsp3) is 0.870. The molecule has 0 bridgehead atoms. The molecule has 1 amide bonds. The van der Waals surface area contributed by atoms with E-state index in [1.54, 1.807) is 6.08 Å². The second-order valence-corrected chi connectivity index (χ2v) is 17.9. The van der Waals surface area contributed by atoms with Crippen LogP contribution < -0.4 is 5.32 Å². The predicted molar refractivity (Wildman–Crippen MR) is 258 cm³/mol. The van der Waals surface area contributed by atoms with E-state index in [4.69, 9.17) is 0 Å². The summed E-state index contributed by atoms with van der Waals surface area (Å²) < 4.78 is 0. The summed E-state index contributed by atoms with van der Waals surface area (Å²) in [6.07, 6.45) is 67.3. The molecule has 0 aliphatic heterocycles. The molecule has 0 aliphatic carbocycles. The van der Waals surface area contributed by atoms with Crippen molar-refractivity contribution in [2.75, 3.05) is 6.61 Å². The highest BCUT2D eigenvalue weighted by Gasteiger charge is 2.17. The van der Waals surface area contributed by atoms with Crippen molar-refractivity contribution in [1.82, 2.24) is 5.32 Å². The summed E-state index contributed by atoms with van der Waals surface area (Å²) in [6.45, 7) is 4.29. The lowest BCUT2D eigenvalue weighted by Crippen LogP contribution is -2.45. The first kappa shape index (κ1) is 56.6. The van der Waals surface area contributed by atoms with Crippen LogP contribution in [0.1, 0.15) is 284 Å². The molecule has 0 aromatic heterocycles. The molecule has 0 saturated carbocycles. The standard InChI is InChI=1S/C54H103NO3/c1-3-5-7-9-11-13-15-17-19-20-21-22-23-24-25-26-27-28-29-30-31-32-33-34-35-36-38-40-42-44-46-48-50-54(58)55-52(51-56)53(57)49-47-45-43-41-39-37-18-16-14-12-10-8-6-4-2/h14,16,39,41,47,49,52-53,56-57H,3-13,15,17-38,40,42-46,48,50-51H2,1-2H3,(H,55,58)/b16-14+,41-39+,49-47+. The minimum absolute atomic E-state index is 0.0741. The van der Waals surface area contributed by atoms with E-state index >= 15 is 0 Å². The lowest BCUT2D eigenvalue weighted by Gasteiger charge is -2.19. The van der Waals surface area contributed by atoms with Crippen LogP contribution >= 0.6 is 0 Å². The lowest BCUT2D eigenvalue weighted by molar-refractivity contribution is -0.123. The molecule has 2 atom stereocenters. The third-order valence-electron chi connectivity index (χ3n) is 12.1. The number of hydrogen-bond acceptors (Lipinski definition) is 3. The van der Waals surface area contributed by atoms with Crippen LogP contribution in [0.2, 0.25) is 0 Å². The molecule has 0 aliphatic rings. The summed E-state index contributed by atoms with van der Waals surface area (Å²) >= 11 is 0. The molecule has 2 unspecified atom stereocenters. The minimum Gasteiger partial charge on any atom is -0.394 e. The van der Waals surface area contributed by atoms with Crippen LogP contribution in [0, 0.1) is 0 Å². The van der Waals surface area contributed by atoms with Crippen molar-refractivity contribution in [2.45, 2.75) is 296 Å². The van der Waals surface area contributed by atoms with Crippen molar-refractivity contribution in [1.29, 1.82) is 0 Å². The zero-order chi connectivity index (χ0) is 42.1. The minimum atomic E-state index is -0.867. The van der Waals surface area contributed by atoms with E-state index in [0.29, 0.717) is 6.42 Å². The van der Waals surface area contributed by atoms with E-state index in [1.807, 2.05) is 6.08 Å². The molecule has 0 rings (SSSR count). The Balaban J connectivity index is 3.43. The smallest absolute Gasteiger partial charge is 0.220 e. The number of aliphatic hydroxyl groups excluding tert-OH is 2. The fourth-order valence-corrected chi connectivity index (χ4v) is 8.10. The van der Waals surface area contributed by atoms with Crippen LogP contribution in [-0.2, 0) is 4.79 Å². The lowest BCUT2D eigenvalue weighted by atomic mass is 10.0. The molecular weight excluding hydrogens is 711 g/mol. The Kier molecular flexibility index (Phi) is 48.8. The van der Waals surface area contributed by atoms with Gasteiger partial charge in [0, 0.05) is 6.42 Å². The fourth-order valence-electron chi connectivity index (χ4n) is 8.10. The Bertz CT molecular complexity index is 882. The summed E-state index contributed by atoms with van der Waals surface area (Å²) in [5.74, 6) is -0.0741. The van der Waals surface area contributed by atoms with Crippen molar-refractivity contribution in [2.24, 2.45) is 0 Å². The summed E-state index contributed by atoms with van der Waals surface area (Å²) in [5, 5.41) is 23.0. The first-order valence-electron chi connectivity index (χ1n) is 26.2. The van der Waals surface area contributed by atoms with Gasteiger partial charge in [0.2, 0.25) is 5.91 Å². The summed E-state index contributed by atoms with van der Waals surface area (Å²) in [4.78, 5) is 12.4. The molecule has 0 radical (unpaired) electrons. The largest absolute Gasteiger partial charge is 0.394 e. The molecule has 4 nitrogen and oxygen atoms in total. The zero-order valence-corrected chi connectivity index (χ0v) is 39.3. The van der Waals surface area contributed by atoms with E-state index in [1.165, 1.54) is 225 Å². The number of carbonyl (C=O) groups excluding carboxylic acids is 1. The average Bonchev–Trinajstić information content (AvgIpc) is 3.23. The van der Waals surface area contributed by atoms with Gasteiger partial charge in [0.05, 0.1) is 18.8 Å². The highest BCUT2D eigenvalue weighted by molar-refractivity contribution is 5.76. The third kappa shape index (κ3) is 45.7. The first-order valence-corrected chi connectivity index (χ1v) is 26.2. The van der Waals surface area contributed by atoms with Gasteiger partial charge in [0.25, 0.3) is 0 Å². The van der Waals surface area contributed by atoms with E-state index in [9.17, 15) is 15.0 Å². The maximum Gasteiger partial charge on any atom is 0.220 e. The maximum absolute atomic E-state index is 12.4. The van der Waals surface area contributed by atoms with Crippen molar-refractivity contribution in [3.63, 3.8) is 0 Å². The van der Waals surface area contributed by atoms with Gasteiger partial charge < -0.3 is 15.5 Å². The first-order chi connectivity index (χ1) is 28.7. The zero-order valence-electron chi connectivity index (χ0n) is 39.3. The van der Waals surface area contributed by atoms with E-state index in [2.05, 4.69) is 43.5 Å². The second kappa shape index (κ2) is 50.0. The number of allylic oxidation sites excluding steroid dienone is 5. The molecule has 0 aromatic rings. The molecule has 0 fully saturated rings. The van der Waals surface area contributed by atoms with Gasteiger partial charge in [-0.2, -0.15) is 0 Å². The summed E-state index contributed by atoms with van der Waals surface area (Å²) in [6, 6.07) is -0.642. The molecule has 0 spiro atoms. The number of unbranched alkanes of at least 4 members (excludes halogenated alkanes) is 37. The number of amides is 1. The van der Waals surface area contributed by atoms with Gasteiger partial charge in [-0.05, 0) is 44.9 Å². The number of carbonyl (C=O) groups is 1. The predicted octanol–water partition coefficient (Wildman–Crippen LogP) is 16.9. The molecule has 4 heteroatoms. The molecule has 58 heavy (non-hydrogen) atoms. The van der Waals surface area contributed by atoms with Gasteiger partial charge in [-0.25, -0.2) is 0 Å². The summed E-state index contributed by atoms with van der Waals surface area (Å²) in [5.41, 5.74) is 0. The highest BCUT2D eigenvalue weighted by Crippen LogP contribution is 2.17. The van der Waals surface area contributed by atoms with Gasteiger partial charge in [0.15, 0.2) is 0 Å². The van der Waals surface area contributed by atoms with Gasteiger partial charge in [-0.1, -0.05) is 269 Å². The Morgan fingerprint density at radius 2 is 0.672 bits per heavy atom. The van der Waals surface area contributed by atoms with Crippen LogP contribution in [0.15, 0.2) is 36.5 Å². The number of nitrogens with one attached hydrogen (secondary N) is 1. The van der Waals surface area contributed by atoms with Crippen molar-refractivity contribution >= 4 is 5.91 Å². The van der Waals surface area contributed by atoms with Crippen molar-refractivity contribution in [3.8, 4) is 0 Å². The van der Waals surface area contributed by atoms with Crippen LogP contribution in [0.4, 0.5) is 0 Å². The van der Waals surface area contributed by atoms with Crippen LogP contribution in [-0.4, -0.2) is 34.9 Å².